The predicted molar refractivity (Wildman–Crippen MR) is 81.3 cm³/mol. The standard InChI is InChI=1S/C15H16ClN3O3/c1-2-10-13(19-7-5-9(16)8-12(19)17-10)14(20)18-6-3-4-11(18)15(21)22/h5,7-8,11H,2-4,6H2,1H3,(H,21,22). The second-order valence-electron chi connectivity index (χ2n) is 5.33. The molecule has 2 aromatic heterocycles. The Kier molecular flexibility index (Phi) is 3.78. The van der Waals surface area contributed by atoms with Gasteiger partial charge in [-0.3, -0.25) is 9.20 Å². The van der Waals surface area contributed by atoms with Gasteiger partial charge in [-0.25, -0.2) is 9.78 Å². The lowest BCUT2D eigenvalue weighted by Gasteiger charge is -2.21. The molecule has 0 saturated carbocycles. The highest BCUT2D eigenvalue weighted by Gasteiger charge is 2.36. The van der Waals surface area contributed by atoms with Gasteiger partial charge in [0.1, 0.15) is 17.4 Å². The number of amides is 1. The van der Waals surface area contributed by atoms with Crippen LogP contribution in [0.4, 0.5) is 0 Å². The van der Waals surface area contributed by atoms with Crippen LogP contribution < -0.4 is 0 Å². The van der Waals surface area contributed by atoms with Gasteiger partial charge in [0.25, 0.3) is 5.91 Å². The van der Waals surface area contributed by atoms with Crippen LogP contribution in [0.3, 0.4) is 0 Å². The molecule has 0 radical (unpaired) electrons. The number of imidazole rings is 1. The molecule has 1 atom stereocenters. The summed E-state index contributed by atoms with van der Waals surface area (Å²) >= 11 is 5.97. The first-order chi connectivity index (χ1) is 10.5. The van der Waals surface area contributed by atoms with Gasteiger partial charge in [0.05, 0.1) is 5.69 Å². The summed E-state index contributed by atoms with van der Waals surface area (Å²) in [5.41, 5.74) is 1.68. The summed E-state index contributed by atoms with van der Waals surface area (Å²) in [7, 11) is 0. The molecule has 1 N–H and O–H groups in total. The van der Waals surface area contributed by atoms with Crippen LogP contribution in [0.2, 0.25) is 5.02 Å². The molecule has 1 saturated heterocycles. The third kappa shape index (κ3) is 2.33. The average Bonchev–Trinajstić information content (AvgIpc) is 3.10. The van der Waals surface area contributed by atoms with E-state index < -0.39 is 12.0 Å². The number of rotatable bonds is 3. The maximum Gasteiger partial charge on any atom is 0.326 e. The fourth-order valence-corrected chi connectivity index (χ4v) is 3.10. The Bertz CT molecular complexity index is 756. The van der Waals surface area contributed by atoms with Gasteiger partial charge in [0.2, 0.25) is 0 Å². The van der Waals surface area contributed by atoms with Crippen LogP contribution in [-0.4, -0.2) is 43.9 Å². The first-order valence-electron chi connectivity index (χ1n) is 7.23. The number of carboxylic acids is 1. The molecule has 0 aromatic carbocycles. The minimum atomic E-state index is -0.958. The van der Waals surface area contributed by atoms with E-state index in [2.05, 4.69) is 4.98 Å². The van der Waals surface area contributed by atoms with Crippen molar-refractivity contribution in [2.45, 2.75) is 32.2 Å². The third-order valence-electron chi connectivity index (χ3n) is 4.00. The van der Waals surface area contributed by atoms with Crippen LogP contribution in [-0.2, 0) is 11.2 Å². The summed E-state index contributed by atoms with van der Waals surface area (Å²) in [5, 5.41) is 9.82. The van der Waals surface area contributed by atoms with E-state index in [0.717, 1.165) is 0 Å². The maximum atomic E-state index is 12.9. The van der Waals surface area contributed by atoms with Gasteiger partial charge in [0.15, 0.2) is 0 Å². The molecule has 22 heavy (non-hydrogen) atoms. The minimum absolute atomic E-state index is 0.281. The second kappa shape index (κ2) is 5.61. The van der Waals surface area contributed by atoms with Crippen molar-refractivity contribution < 1.29 is 14.7 Å². The molecule has 3 rings (SSSR count). The van der Waals surface area contributed by atoms with Gasteiger partial charge < -0.3 is 10.0 Å². The molecule has 7 heteroatoms. The van der Waals surface area contributed by atoms with Crippen LogP contribution in [0.5, 0.6) is 0 Å². The van der Waals surface area contributed by atoms with E-state index in [4.69, 9.17) is 11.6 Å². The fourth-order valence-electron chi connectivity index (χ4n) is 2.94. The number of hydrogen-bond acceptors (Lipinski definition) is 3. The molecule has 1 aliphatic rings. The Labute approximate surface area is 132 Å². The van der Waals surface area contributed by atoms with E-state index in [1.807, 2.05) is 6.92 Å². The van der Waals surface area contributed by atoms with E-state index in [9.17, 15) is 14.7 Å². The number of aryl methyl sites for hydroxylation is 1. The van der Waals surface area contributed by atoms with Crippen LogP contribution in [0.15, 0.2) is 18.3 Å². The molecular formula is C15H16ClN3O3. The fraction of sp³-hybridized carbons (Fsp3) is 0.400. The van der Waals surface area contributed by atoms with Crippen molar-refractivity contribution in [2.24, 2.45) is 0 Å². The zero-order valence-corrected chi connectivity index (χ0v) is 12.9. The van der Waals surface area contributed by atoms with Gasteiger partial charge in [0, 0.05) is 23.8 Å². The molecule has 116 valence electrons. The lowest BCUT2D eigenvalue weighted by atomic mass is 10.2. The largest absolute Gasteiger partial charge is 0.480 e. The molecule has 1 amide bonds. The van der Waals surface area contributed by atoms with Crippen LogP contribution in [0, 0.1) is 0 Å². The van der Waals surface area contributed by atoms with E-state index >= 15 is 0 Å². The summed E-state index contributed by atoms with van der Waals surface area (Å²) < 4.78 is 1.68. The number of carbonyl (C=O) groups is 2. The number of fused-ring (bicyclic) bond motifs is 1. The first kappa shape index (κ1) is 14.8. The highest BCUT2D eigenvalue weighted by atomic mass is 35.5. The van der Waals surface area contributed by atoms with Crippen molar-refractivity contribution in [2.75, 3.05) is 6.54 Å². The normalized spacial score (nSPS) is 18.1. The Morgan fingerprint density at radius 2 is 2.27 bits per heavy atom. The number of carbonyl (C=O) groups excluding carboxylic acids is 1. The Morgan fingerprint density at radius 3 is 2.95 bits per heavy atom. The summed E-state index contributed by atoms with van der Waals surface area (Å²) in [4.78, 5) is 30.1. The zero-order chi connectivity index (χ0) is 15.9. The molecule has 0 bridgehead atoms. The summed E-state index contributed by atoms with van der Waals surface area (Å²) in [6.07, 6.45) is 3.48. The van der Waals surface area contributed by atoms with E-state index in [1.165, 1.54) is 4.90 Å². The van der Waals surface area contributed by atoms with Crippen molar-refractivity contribution in [1.82, 2.24) is 14.3 Å². The first-order valence-corrected chi connectivity index (χ1v) is 7.61. The number of nitrogens with zero attached hydrogens (tertiary/aromatic N) is 3. The summed E-state index contributed by atoms with van der Waals surface area (Å²) in [6, 6.07) is 2.62. The molecular weight excluding hydrogens is 306 g/mol. The SMILES string of the molecule is CCc1nc2cc(Cl)ccn2c1C(=O)N1CCCC1C(=O)O. The number of aliphatic carboxylic acids is 1. The van der Waals surface area contributed by atoms with Crippen LogP contribution in [0.25, 0.3) is 5.65 Å². The summed E-state index contributed by atoms with van der Waals surface area (Å²) in [5.74, 6) is -1.24. The smallest absolute Gasteiger partial charge is 0.326 e. The van der Waals surface area contributed by atoms with Crippen molar-refractivity contribution in [3.05, 3.63) is 34.7 Å². The number of aromatic nitrogens is 2. The van der Waals surface area contributed by atoms with E-state index in [-0.39, 0.29) is 5.91 Å². The van der Waals surface area contributed by atoms with Crippen LogP contribution in [0.1, 0.15) is 35.9 Å². The van der Waals surface area contributed by atoms with E-state index in [1.54, 1.807) is 22.7 Å². The van der Waals surface area contributed by atoms with Crippen molar-refractivity contribution in [3.63, 3.8) is 0 Å². The maximum absolute atomic E-state index is 12.9. The Morgan fingerprint density at radius 1 is 1.50 bits per heavy atom. The van der Waals surface area contributed by atoms with Gasteiger partial charge in [-0.15, -0.1) is 0 Å². The molecule has 1 unspecified atom stereocenters. The highest BCUT2D eigenvalue weighted by molar-refractivity contribution is 6.30. The van der Waals surface area contributed by atoms with E-state index in [0.29, 0.717) is 47.9 Å². The topological polar surface area (TPSA) is 74.9 Å². The lowest BCUT2D eigenvalue weighted by Crippen LogP contribution is -2.41. The highest BCUT2D eigenvalue weighted by Crippen LogP contribution is 2.24. The number of carboxylic acid groups (broad SMARTS) is 1. The van der Waals surface area contributed by atoms with Gasteiger partial charge >= 0.3 is 5.97 Å². The van der Waals surface area contributed by atoms with Gasteiger partial charge in [-0.05, 0) is 25.3 Å². The van der Waals surface area contributed by atoms with Gasteiger partial charge in [-0.2, -0.15) is 0 Å². The zero-order valence-electron chi connectivity index (χ0n) is 12.1. The number of pyridine rings is 1. The Hall–Kier alpha value is -2.08. The van der Waals surface area contributed by atoms with Crippen molar-refractivity contribution in [3.8, 4) is 0 Å². The molecule has 0 spiro atoms. The lowest BCUT2D eigenvalue weighted by molar-refractivity contribution is -0.141. The molecule has 0 aliphatic carbocycles. The molecule has 6 nitrogen and oxygen atoms in total. The molecule has 1 aliphatic heterocycles. The van der Waals surface area contributed by atoms with Crippen molar-refractivity contribution in [1.29, 1.82) is 0 Å². The molecule has 3 heterocycles. The third-order valence-corrected chi connectivity index (χ3v) is 4.23. The van der Waals surface area contributed by atoms with Crippen molar-refractivity contribution >= 4 is 29.1 Å². The Balaban J connectivity index is 2.08. The second-order valence-corrected chi connectivity index (χ2v) is 5.77. The van der Waals surface area contributed by atoms with Gasteiger partial charge in [-0.1, -0.05) is 18.5 Å². The average molecular weight is 322 g/mol. The molecule has 1 fully saturated rings. The minimum Gasteiger partial charge on any atom is -0.480 e. The quantitative estimate of drug-likeness (QED) is 0.940. The molecule has 2 aromatic rings. The van der Waals surface area contributed by atoms with Crippen LogP contribution >= 0.6 is 11.6 Å². The number of halogens is 1. The predicted octanol–water partition coefficient (Wildman–Crippen LogP) is 2.24. The number of hydrogen-bond donors (Lipinski definition) is 1. The monoisotopic (exact) mass is 321 g/mol. The number of likely N-dealkylation sites (tertiary alicyclic amines) is 1. The summed E-state index contributed by atoms with van der Waals surface area (Å²) in [6.45, 7) is 2.37.